The van der Waals surface area contributed by atoms with Gasteiger partial charge in [0.05, 0.1) is 30.4 Å². The van der Waals surface area contributed by atoms with Crippen molar-refractivity contribution in [1.29, 1.82) is 0 Å². The molecule has 5 nitrogen and oxygen atoms in total. The molecule has 0 aliphatic carbocycles. The molecular weight excluding hydrogens is 440 g/mol. The van der Waals surface area contributed by atoms with E-state index in [4.69, 9.17) is 14.6 Å². The number of nitrogens with two attached hydrogens (primary N) is 1. The molecule has 0 radical (unpaired) electrons. The Morgan fingerprint density at radius 1 is 0.938 bits per heavy atom. The molecule has 4 rings (SSSR count). The van der Waals surface area contributed by atoms with Gasteiger partial charge in [-0.3, -0.25) is 0 Å². The highest BCUT2D eigenvalue weighted by atomic mass is 32.2. The largest absolute Gasteiger partial charge is 0.472 e. The number of aliphatic hydroxyl groups excluding tert-OH is 1. The molecule has 32 heavy (non-hydrogen) atoms. The van der Waals surface area contributed by atoms with Crippen molar-refractivity contribution in [1.82, 2.24) is 4.72 Å². The molecule has 0 saturated carbocycles. The Morgan fingerprint density at radius 2 is 1.66 bits per heavy atom. The van der Waals surface area contributed by atoms with E-state index in [-0.39, 0.29) is 5.37 Å². The van der Waals surface area contributed by atoms with Gasteiger partial charge in [-0.25, -0.2) is 4.72 Å². The Balaban J connectivity index is 1.55. The van der Waals surface area contributed by atoms with Gasteiger partial charge in [-0.1, -0.05) is 24.3 Å². The quantitative estimate of drug-likeness (QED) is 0.195. The molecule has 0 saturated heterocycles. The standard InChI is InChI=1S/C25H24N2O3S2/c1-17(31-13-10-26)27-32-22-5-2-18(3-6-22)25(28)23-7-4-19(20-8-11-29-15-20)14-24(23)21-9-12-30-16-21/h2-17,25,27-28H,26H2,1H3/b13-10-. The number of aliphatic hydroxyl groups is 1. The maximum atomic E-state index is 11.2. The minimum absolute atomic E-state index is 0.219. The topological polar surface area (TPSA) is 84.6 Å². The second-order valence-electron chi connectivity index (χ2n) is 7.12. The van der Waals surface area contributed by atoms with E-state index in [9.17, 15) is 5.11 Å². The number of nitrogens with one attached hydrogen (secondary N) is 1. The van der Waals surface area contributed by atoms with Gasteiger partial charge in [-0.2, -0.15) is 0 Å². The maximum absolute atomic E-state index is 11.2. The van der Waals surface area contributed by atoms with Gasteiger partial charge in [0.2, 0.25) is 0 Å². The first-order chi connectivity index (χ1) is 15.7. The lowest BCUT2D eigenvalue weighted by Crippen LogP contribution is -2.13. The van der Waals surface area contributed by atoms with E-state index in [2.05, 4.69) is 17.7 Å². The van der Waals surface area contributed by atoms with Crippen LogP contribution in [0.5, 0.6) is 0 Å². The number of benzene rings is 2. The Kier molecular flexibility index (Phi) is 7.44. The van der Waals surface area contributed by atoms with E-state index in [1.54, 1.807) is 48.8 Å². The van der Waals surface area contributed by atoms with Crippen molar-refractivity contribution in [3.63, 3.8) is 0 Å². The fraction of sp³-hybridized carbons (Fsp3) is 0.120. The van der Waals surface area contributed by atoms with Crippen LogP contribution in [0, 0.1) is 0 Å². The van der Waals surface area contributed by atoms with Gasteiger partial charge < -0.3 is 19.7 Å². The van der Waals surface area contributed by atoms with Crippen LogP contribution >= 0.6 is 23.7 Å². The first-order valence-corrected chi connectivity index (χ1v) is 11.8. The fourth-order valence-electron chi connectivity index (χ4n) is 3.31. The van der Waals surface area contributed by atoms with Crippen molar-refractivity contribution in [2.24, 2.45) is 5.73 Å². The van der Waals surface area contributed by atoms with E-state index >= 15 is 0 Å². The highest BCUT2D eigenvalue weighted by Gasteiger charge is 2.18. The van der Waals surface area contributed by atoms with E-state index in [0.717, 1.165) is 38.3 Å². The smallest absolute Gasteiger partial charge is 0.105 e. The average molecular weight is 465 g/mol. The molecule has 2 unspecified atom stereocenters. The van der Waals surface area contributed by atoms with Crippen LogP contribution in [0.1, 0.15) is 24.2 Å². The predicted octanol–water partition coefficient (Wildman–Crippen LogP) is 6.39. The molecule has 7 heteroatoms. The van der Waals surface area contributed by atoms with E-state index in [1.807, 2.05) is 53.9 Å². The Bertz CT molecular complexity index is 1140. The summed E-state index contributed by atoms with van der Waals surface area (Å²) in [6, 6.07) is 17.7. The summed E-state index contributed by atoms with van der Waals surface area (Å²) in [5.41, 5.74) is 10.9. The first-order valence-electron chi connectivity index (χ1n) is 10.1. The molecule has 0 aliphatic heterocycles. The molecule has 2 heterocycles. The minimum Gasteiger partial charge on any atom is -0.472 e. The minimum atomic E-state index is -0.769. The molecule has 2 aromatic heterocycles. The fourth-order valence-corrected chi connectivity index (χ4v) is 4.58. The van der Waals surface area contributed by atoms with Crippen LogP contribution in [0.3, 0.4) is 0 Å². The van der Waals surface area contributed by atoms with Gasteiger partial charge in [0.15, 0.2) is 0 Å². The number of hydrogen-bond donors (Lipinski definition) is 3. The van der Waals surface area contributed by atoms with Gasteiger partial charge >= 0.3 is 0 Å². The SMILES string of the molecule is CC(NSc1ccc(C(O)c2ccc(-c3ccoc3)cc2-c2ccoc2)cc1)S/C=C\N. The first kappa shape index (κ1) is 22.4. The van der Waals surface area contributed by atoms with Crippen LogP contribution in [0.25, 0.3) is 22.3 Å². The summed E-state index contributed by atoms with van der Waals surface area (Å²) < 4.78 is 13.9. The van der Waals surface area contributed by atoms with E-state index in [0.29, 0.717) is 0 Å². The average Bonchev–Trinajstić information content (AvgIpc) is 3.56. The molecule has 2 aromatic carbocycles. The molecule has 0 aliphatic rings. The van der Waals surface area contributed by atoms with Gasteiger partial charge in [0.25, 0.3) is 0 Å². The number of furan rings is 2. The zero-order valence-corrected chi connectivity index (χ0v) is 19.1. The molecule has 4 N–H and O–H groups in total. The lowest BCUT2D eigenvalue weighted by Gasteiger charge is -2.17. The predicted molar refractivity (Wildman–Crippen MR) is 132 cm³/mol. The summed E-state index contributed by atoms with van der Waals surface area (Å²) in [4.78, 5) is 1.07. The van der Waals surface area contributed by atoms with Crippen LogP contribution in [0.15, 0.2) is 105 Å². The van der Waals surface area contributed by atoms with Crippen molar-refractivity contribution >= 4 is 23.7 Å². The molecule has 0 spiro atoms. The Morgan fingerprint density at radius 3 is 2.31 bits per heavy atom. The maximum Gasteiger partial charge on any atom is 0.105 e. The molecule has 0 fully saturated rings. The monoisotopic (exact) mass is 464 g/mol. The number of hydrogen-bond acceptors (Lipinski definition) is 7. The van der Waals surface area contributed by atoms with Crippen LogP contribution < -0.4 is 10.5 Å². The third-order valence-corrected chi connectivity index (χ3v) is 6.90. The van der Waals surface area contributed by atoms with Crippen LogP contribution in [-0.2, 0) is 0 Å². The third-order valence-electron chi connectivity index (χ3n) is 4.93. The zero-order valence-electron chi connectivity index (χ0n) is 17.5. The zero-order chi connectivity index (χ0) is 22.3. The Labute approximate surface area is 195 Å². The van der Waals surface area contributed by atoms with Gasteiger partial charge in [-0.15, -0.1) is 11.8 Å². The van der Waals surface area contributed by atoms with Crippen molar-refractivity contribution in [3.05, 3.63) is 102 Å². The summed E-state index contributed by atoms with van der Waals surface area (Å²) in [6.45, 7) is 2.07. The molecular formula is C25H24N2O3S2. The normalized spacial score (nSPS) is 13.4. The highest BCUT2D eigenvalue weighted by molar-refractivity contribution is 8.04. The molecule has 2 atom stereocenters. The van der Waals surface area contributed by atoms with Crippen LogP contribution in [-0.4, -0.2) is 10.5 Å². The van der Waals surface area contributed by atoms with Crippen LogP contribution in [0.4, 0.5) is 0 Å². The summed E-state index contributed by atoms with van der Waals surface area (Å²) >= 11 is 3.16. The summed E-state index contributed by atoms with van der Waals surface area (Å²) in [7, 11) is 0. The lowest BCUT2D eigenvalue weighted by molar-refractivity contribution is 0.221. The van der Waals surface area contributed by atoms with Crippen molar-refractivity contribution in [2.75, 3.05) is 0 Å². The van der Waals surface area contributed by atoms with Crippen LogP contribution in [0.2, 0.25) is 0 Å². The van der Waals surface area contributed by atoms with Crippen molar-refractivity contribution in [3.8, 4) is 22.3 Å². The second kappa shape index (κ2) is 10.7. The molecule has 4 aromatic rings. The van der Waals surface area contributed by atoms with Gasteiger partial charge in [-0.05, 0) is 76.9 Å². The summed E-state index contributed by atoms with van der Waals surface area (Å²) in [5.74, 6) is 0. The Hall–Kier alpha value is -2.84. The molecule has 0 amide bonds. The van der Waals surface area contributed by atoms with Crippen molar-refractivity contribution < 1.29 is 13.9 Å². The van der Waals surface area contributed by atoms with Gasteiger partial charge in [0, 0.05) is 22.2 Å². The molecule has 164 valence electrons. The molecule has 0 bridgehead atoms. The number of rotatable bonds is 9. The van der Waals surface area contributed by atoms with E-state index in [1.165, 1.54) is 6.20 Å². The summed E-state index contributed by atoms with van der Waals surface area (Å²) in [5, 5.41) is 13.3. The van der Waals surface area contributed by atoms with E-state index < -0.39 is 6.10 Å². The third kappa shape index (κ3) is 5.31. The lowest BCUT2D eigenvalue weighted by atomic mass is 9.91. The second-order valence-corrected chi connectivity index (χ2v) is 9.29. The number of thioether (sulfide) groups is 1. The van der Waals surface area contributed by atoms with Crippen molar-refractivity contribution in [2.45, 2.75) is 23.3 Å². The summed E-state index contributed by atoms with van der Waals surface area (Å²) in [6.07, 6.45) is 7.45. The highest BCUT2D eigenvalue weighted by Crippen LogP contribution is 2.36. The van der Waals surface area contributed by atoms with Gasteiger partial charge in [0.1, 0.15) is 6.10 Å².